The first-order chi connectivity index (χ1) is 12.2. The van der Waals surface area contributed by atoms with E-state index in [0.717, 1.165) is 22.8 Å². The van der Waals surface area contributed by atoms with Crippen molar-refractivity contribution in [3.05, 3.63) is 78.5 Å². The summed E-state index contributed by atoms with van der Waals surface area (Å²) in [5.74, 6) is 1.68. The van der Waals surface area contributed by atoms with Gasteiger partial charge in [-0.3, -0.25) is 0 Å². The summed E-state index contributed by atoms with van der Waals surface area (Å²) in [6.45, 7) is 2.92. The second kappa shape index (κ2) is 7.47. The molecule has 2 aromatic rings. The SMILES string of the molecule is CCC(=O)[N+]1(c2ccc(Oc3ccccc3)cc2)C=C(CN)C=CC1. The Hall–Kier alpha value is -2.69. The number of amides is 1. The smallest absolute Gasteiger partial charge is 0.323 e. The Bertz CT molecular complexity index is 794. The van der Waals surface area contributed by atoms with Crippen LogP contribution in [0.25, 0.3) is 0 Å². The number of hydrogen-bond donors (Lipinski definition) is 1. The largest absolute Gasteiger partial charge is 0.457 e. The second-order valence-electron chi connectivity index (χ2n) is 6.02. The van der Waals surface area contributed by atoms with E-state index in [-0.39, 0.29) is 10.4 Å². The maximum absolute atomic E-state index is 12.7. The fourth-order valence-electron chi connectivity index (χ4n) is 3.05. The Balaban J connectivity index is 1.91. The number of para-hydroxylation sites is 1. The quantitative estimate of drug-likeness (QED) is 0.836. The van der Waals surface area contributed by atoms with Crippen molar-refractivity contribution in [1.29, 1.82) is 0 Å². The number of carbonyl (C=O) groups is 1. The highest BCUT2D eigenvalue weighted by molar-refractivity contribution is 5.90. The zero-order valence-electron chi connectivity index (χ0n) is 14.4. The van der Waals surface area contributed by atoms with Crippen molar-refractivity contribution >= 4 is 11.6 Å². The molecule has 1 heterocycles. The van der Waals surface area contributed by atoms with Crippen LogP contribution >= 0.6 is 0 Å². The lowest BCUT2D eigenvalue weighted by Gasteiger charge is -2.33. The van der Waals surface area contributed by atoms with E-state index < -0.39 is 0 Å². The average molecular weight is 335 g/mol. The molecule has 1 amide bonds. The van der Waals surface area contributed by atoms with E-state index in [0.29, 0.717) is 19.5 Å². The van der Waals surface area contributed by atoms with Crippen molar-refractivity contribution < 1.29 is 9.53 Å². The highest BCUT2D eigenvalue weighted by Gasteiger charge is 2.37. The molecule has 4 heteroatoms. The van der Waals surface area contributed by atoms with Gasteiger partial charge in [-0.2, -0.15) is 4.48 Å². The van der Waals surface area contributed by atoms with E-state index in [1.165, 1.54) is 0 Å². The number of quaternary nitrogens is 1. The summed E-state index contributed by atoms with van der Waals surface area (Å²) in [7, 11) is 0. The number of nitrogens with zero attached hydrogens (tertiary/aromatic N) is 1. The first kappa shape index (κ1) is 17.1. The molecule has 4 nitrogen and oxygen atoms in total. The third-order valence-corrected chi connectivity index (χ3v) is 4.37. The molecule has 0 bridgehead atoms. The van der Waals surface area contributed by atoms with Crippen LogP contribution in [0.4, 0.5) is 5.69 Å². The van der Waals surface area contributed by atoms with Gasteiger partial charge in [-0.1, -0.05) is 31.2 Å². The second-order valence-corrected chi connectivity index (χ2v) is 6.02. The maximum atomic E-state index is 12.7. The van der Waals surface area contributed by atoms with E-state index in [4.69, 9.17) is 10.5 Å². The average Bonchev–Trinajstić information content (AvgIpc) is 2.68. The van der Waals surface area contributed by atoms with Crippen molar-refractivity contribution in [1.82, 2.24) is 4.48 Å². The zero-order valence-corrected chi connectivity index (χ0v) is 14.4. The van der Waals surface area contributed by atoms with Gasteiger partial charge >= 0.3 is 5.91 Å². The van der Waals surface area contributed by atoms with Crippen molar-refractivity contribution in [2.24, 2.45) is 5.73 Å². The molecule has 2 N–H and O–H groups in total. The zero-order chi connectivity index (χ0) is 17.7. The number of nitrogens with two attached hydrogens (primary N) is 1. The lowest BCUT2D eigenvalue weighted by atomic mass is 10.1. The predicted octanol–water partition coefficient (Wildman–Crippen LogP) is 4.14. The van der Waals surface area contributed by atoms with Crippen LogP contribution in [0.15, 0.2) is 78.5 Å². The van der Waals surface area contributed by atoms with Crippen molar-refractivity contribution in [2.45, 2.75) is 13.3 Å². The molecule has 0 radical (unpaired) electrons. The van der Waals surface area contributed by atoms with Crippen LogP contribution in [0.1, 0.15) is 13.3 Å². The highest BCUT2D eigenvalue weighted by atomic mass is 16.5. The van der Waals surface area contributed by atoms with Crippen LogP contribution < -0.4 is 15.0 Å². The molecule has 1 unspecified atom stereocenters. The van der Waals surface area contributed by atoms with Gasteiger partial charge < -0.3 is 10.5 Å². The van der Waals surface area contributed by atoms with E-state index in [1.54, 1.807) is 0 Å². The van der Waals surface area contributed by atoms with E-state index >= 15 is 0 Å². The molecule has 0 fully saturated rings. The standard InChI is InChI=1S/C21H23N2O2/c1-2-21(24)23(14-6-7-17(15-22)16-23)18-10-12-20(13-11-18)25-19-8-4-3-5-9-19/h3-13,16H,2,14-15,22H2,1H3/q+1. The third-order valence-electron chi connectivity index (χ3n) is 4.37. The summed E-state index contributed by atoms with van der Waals surface area (Å²) in [5, 5.41) is 0. The summed E-state index contributed by atoms with van der Waals surface area (Å²) in [6, 6.07) is 17.4. The molecule has 0 spiro atoms. The van der Waals surface area contributed by atoms with Crippen LogP contribution in [0.5, 0.6) is 11.5 Å². The van der Waals surface area contributed by atoms with E-state index in [9.17, 15) is 4.79 Å². The van der Waals surface area contributed by atoms with Crippen molar-refractivity contribution in [3.63, 3.8) is 0 Å². The molecule has 0 saturated heterocycles. The van der Waals surface area contributed by atoms with Crippen LogP contribution in [0.2, 0.25) is 0 Å². The van der Waals surface area contributed by atoms with Crippen LogP contribution in [0.3, 0.4) is 0 Å². The predicted molar refractivity (Wildman–Crippen MR) is 101 cm³/mol. The van der Waals surface area contributed by atoms with Gasteiger partial charge in [0.25, 0.3) is 0 Å². The summed E-state index contributed by atoms with van der Waals surface area (Å²) in [5.41, 5.74) is 7.68. The van der Waals surface area contributed by atoms with Gasteiger partial charge in [0, 0.05) is 24.3 Å². The lowest BCUT2D eigenvalue weighted by Crippen LogP contribution is -2.50. The topological polar surface area (TPSA) is 52.3 Å². The summed E-state index contributed by atoms with van der Waals surface area (Å²) >= 11 is 0. The van der Waals surface area contributed by atoms with Gasteiger partial charge in [0.2, 0.25) is 0 Å². The fourth-order valence-corrected chi connectivity index (χ4v) is 3.05. The molecule has 1 aliphatic heterocycles. The summed E-state index contributed by atoms with van der Waals surface area (Å²) in [4.78, 5) is 12.7. The molecule has 1 atom stereocenters. The van der Waals surface area contributed by atoms with Gasteiger partial charge in [0.15, 0.2) is 0 Å². The summed E-state index contributed by atoms with van der Waals surface area (Å²) in [6.07, 6.45) is 6.44. The molecule has 0 aromatic heterocycles. The molecule has 0 aliphatic carbocycles. The van der Waals surface area contributed by atoms with Gasteiger partial charge in [-0.25, -0.2) is 4.79 Å². The van der Waals surface area contributed by atoms with Gasteiger partial charge in [-0.15, -0.1) is 0 Å². The highest BCUT2D eigenvalue weighted by Crippen LogP contribution is 2.32. The Morgan fingerprint density at radius 2 is 1.76 bits per heavy atom. The number of rotatable bonds is 5. The first-order valence-corrected chi connectivity index (χ1v) is 8.51. The monoisotopic (exact) mass is 335 g/mol. The third kappa shape index (κ3) is 3.55. The molecule has 0 saturated carbocycles. The Kier molecular flexibility index (Phi) is 5.12. The normalized spacial score (nSPS) is 19.4. The molecule has 128 valence electrons. The number of carbonyl (C=O) groups excluding carboxylic acids is 1. The number of ether oxygens (including phenoxy) is 1. The van der Waals surface area contributed by atoms with Crippen molar-refractivity contribution in [2.75, 3.05) is 13.1 Å². The summed E-state index contributed by atoms with van der Waals surface area (Å²) < 4.78 is 6.01. The van der Waals surface area contributed by atoms with Crippen LogP contribution in [-0.2, 0) is 4.79 Å². The molecular weight excluding hydrogens is 312 g/mol. The first-order valence-electron chi connectivity index (χ1n) is 8.51. The van der Waals surface area contributed by atoms with Crippen molar-refractivity contribution in [3.8, 4) is 11.5 Å². The van der Waals surface area contributed by atoms with Gasteiger partial charge in [-0.05, 0) is 30.3 Å². The molecule has 3 rings (SSSR count). The Morgan fingerprint density at radius 3 is 2.40 bits per heavy atom. The fraction of sp³-hybridized carbons (Fsp3) is 0.190. The van der Waals surface area contributed by atoms with E-state index in [2.05, 4.69) is 0 Å². The number of benzene rings is 2. The minimum absolute atomic E-state index is 0.145. The van der Waals surface area contributed by atoms with E-state index in [1.807, 2.05) is 79.9 Å². The van der Waals surface area contributed by atoms with Gasteiger partial charge in [0.05, 0.1) is 6.42 Å². The Morgan fingerprint density at radius 1 is 1.08 bits per heavy atom. The maximum Gasteiger partial charge on any atom is 0.323 e. The van der Waals surface area contributed by atoms with Crippen LogP contribution in [-0.4, -0.2) is 19.0 Å². The molecular formula is C21H23N2O2+. The minimum atomic E-state index is 0.145. The lowest BCUT2D eigenvalue weighted by molar-refractivity contribution is -0.127. The molecule has 1 aliphatic rings. The Labute approximate surface area is 148 Å². The molecule has 25 heavy (non-hydrogen) atoms. The number of hydrogen-bond acceptors (Lipinski definition) is 3. The van der Waals surface area contributed by atoms with Gasteiger partial charge in [0.1, 0.15) is 29.9 Å². The molecule has 2 aromatic carbocycles. The van der Waals surface area contributed by atoms with Crippen LogP contribution in [0, 0.1) is 0 Å². The minimum Gasteiger partial charge on any atom is -0.457 e.